The summed E-state index contributed by atoms with van der Waals surface area (Å²) < 4.78 is 17.8. The van der Waals surface area contributed by atoms with Crippen LogP contribution in [0.25, 0.3) is 0 Å². The largest absolute Gasteiger partial charge is 0.465 e. The number of carbonyl (C=O) groups excluding carboxylic acids is 1. The Balaban J connectivity index is 1.98. The average Bonchev–Trinajstić information content (AvgIpc) is 2.80. The number of rotatable bonds is 3. The molecule has 1 fully saturated rings. The van der Waals surface area contributed by atoms with E-state index in [4.69, 9.17) is 4.74 Å². The fraction of sp³-hybridized carbons (Fsp3) is 0.462. The maximum Gasteiger partial charge on any atom is 0.323 e. The highest BCUT2D eigenvalue weighted by Gasteiger charge is 2.30. The Morgan fingerprint density at radius 2 is 2.12 bits per heavy atom. The molecule has 1 aromatic carbocycles. The number of hydrogen-bond donors (Lipinski definition) is 1. The Morgan fingerprint density at radius 3 is 2.76 bits per heavy atom. The fourth-order valence-corrected chi connectivity index (χ4v) is 2.13. The highest BCUT2D eigenvalue weighted by atomic mass is 19.1. The summed E-state index contributed by atoms with van der Waals surface area (Å²) in [6.07, 6.45) is 1.63. The van der Waals surface area contributed by atoms with E-state index < -0.39 is 0 Å². The van der Waals surface area contributed by atoms with Crippen LogP contribution in [0.3, 0.4) is 0 Å². The monoisotopic (exact) mass is 237 g/mol. The number of hydrogen-bond acceptors (Lipinski definition) is 3. The second kappa shape index (κ2) is 5.27. The Hall–Kier alpha value is -1.42. The van der Waals surface area contributed by atoms with E-state index in [1.165, 1.54) is 12.1 Å². The minimum absolute atomic E-state index is 0.116. The molecule has 4 heteroatoms. The van der Waals surface area contributed by atoms with Gasteiger partial charge in [0, 0.05) is 6.04 Å². The normalized spacial score (nSPS) is 23.6. The number of benzene rings is 1. The van der Waals surface area contributed by atoms with Crippen LogP contribution in [0, 0.1) is 5.82 Å². The molecule has 92 valence electrons. The molecule has 1 aliphatic heterocycles. The first kappa shape index (κ1) is 12.0. The lowest BCUT2D eigenvalue weighted by Gasteiger charge is -2.13. The maximum absolute atomic E-state index is 12.8. The van der Waals surface area contributed by atoms with Crippen molar-refractivity contribution in [1.82, 2.24) is 5.32 Å². The van der Waals surface area contributed by atoms with Crippen LogP contribution in [0.4, 0.5) is 4.39 Å². The Labute approximate surface area is 100.0 Å². The van der Waals surface area contributed by atoms with Crippen LogP contribution in [0.15, 0.2) is 24.3 Å². The molecule has 1 aromatic rings. The van der Waals surface area contributed by atoms with Crippen LogP contribution in [0.5, 0.6) is 0 Å². The van der Waals surface area contributed by atoms with Crippen molar-refractivity contribution in [3.8, 4) is 0 Å². The lowest BCUT2D eigenvalue weighted by Crippen LogP contribution is -2.33. The summed E-state index contributed by atoms with van der Waals surface area (Å²) >= 11 is 0. The van der Waals surface area contributed by atoms with Gasteiger partial charge in [-0.25, -0.2) is 4.39 Å². The Bertz CT molecular complexity index is 391. The van der Waals surface area contributed by atoms with Gasteiger partial charge in [0.05, 0.1) is 6.61 Å². The molecule has 0 saturated carbocycles. The Kier molecular flexibility index (Phi) is 3.74. The molecule has 2 rings (SSSR count). The van der Waals surface area contributed by atoms with Crippen molar-refractivity contribution in [3.05, 3.63) is 35.6 Å². The van der Waals surface area contributed by atoms with Gasteiger partial charge in [-0.3, -0.25) is 10.1 Å². The van der Waals surface area contributed by atoms with Crippen LogP contribution < -0.4 is 5.32 Å². The van der Waals surface area contributed by atoms with E-state index in [1.807, 2.05) is 0 Å². The van der Waals surface area contributed by atoms with Gasteiger partial charge in [-0.05, 0) is 37.5 Å². The summed E-state index contributed by atoms with van der Waals surface area (Å²) in [5.41, 5.74) is 1.01. The molecule has 3 nitrogen and oxygen atoms in total. The fourth-order valence-electron chi connectivity index (χ4n) is 2.13. The van der Waals surface area contributed by atoms with E-state index in [2.05, 4.69) is 5.32 Å². The first-order chi connectivity index (χ1) is 8.20. The highest BCUT2D eigenvalue weighted by Crippen LogP contribution is 2.27. The smallest absolute Gasteiger partial charge is 0.323 e. The van der Waals surface area contributed by atoms with Gasteiger partial charge in [-0.15, -0.1) is 0 Å². The standard InChI is InChI=1S/C13H16FNO2/c1-2-17-13(16)12-8-7-11(15-12)9-3-5-10(14)6-4-9/h3-6,11-12,15H,2,7-8H2,1H3/t11?,12-/m0/s1. The molecule has 0 aliphatic carbocycles. The first-order valence-corrected chi connectivity index (χ1v) is 5.89. The number of ether oxygens (including phenoxy) is 1. The number of esters is 1. The number of nitrogens with one attached hydrogen (secondary N) is 1. The zero-order valence-electron chi connectivity index (χ0n) is 9.78. The maximum atomic E-state index is 12.8. The van der Waals surface area contributed by atoms with Gasteiger partial charge >= 0.3 is 5.97 Å². The molecule has 0 bridgehead atoms. The zero-order chi connectivity index (χ0) is 12.3. The van der Waals surface area contributed by atoms with Gasteiger partial charge in [-0.2, -0.15) is 0 Å². The van der Waals surface area contributed by atoms with Crippen LogP contribution in [-0.2, 0) is 9.53 Å². The van der Waals surface area contributed by atoms with Crippen molar-refractivity contribution < 1.29 is 13.9 Å². The molecular formula is C13H16FNO2. The van der Waals surface area contributed by atoms with E-state index in [0.717, 1.165) is 18.4 Å². The first-order valence-electron chi connectivity index (χ1n) is 5.89. The van der Waals surface area contributed by atoms with Gasteiger partial charge < -0.3 is 4.74 Å². The second-order valence-electron chi connectivity index (χ2n) is 4.15. The molecular weight excluding hydrogens is 221 g/mol. The van der Waals surface area contributed by atoms with Gasteiger partial charge in [0.15, 0.2) is 0 Å². The number of carbonyl (C=O) groups is 1. The third-order valence-electron chi connectivity index (χ3n) is 2.99. The summed E-state index contributed by atoms with van der Waals surface area (Å²) in [5.74, 6) is -0.439. The third kappa shape index (κ3) is 2.82. The lowest BCUT2D eigenvalue weighted by molar-refractivity contribution is -0.145. The van der Waals surface area contributed by atoms with Crippen molar-refractivity contribution in [2.45, 2.75) is 31.8 Å². The topological polar surface area (TPSA) is 38.3 Å². The molecule has 0 aromatic heterocycles. The molecule has 0 amide bonds. The van der Waals surface area contributed by atoms with Crippen molar-refractivity contribution in [2.75, 3.05) is 6.61 Å². The van der Waals surface area contributed by atoms with Crippen LogP contribution >= 0.6 is 0 Å². The van der Waals surface area contributed by atoms with Crippen molar-refractivity contribution in [3.63, 3.8) is 0 Å². The van der Waals surface area contributed by atoms with Gasteiger partial charge in [0.2, 0.25) is 0 Å². The van der Waals surface area contributed by atoms with Gasteiger partial charge in [0.1, 0.15) is 11.9 Å². The summed E-state index contributed by atoms with van der Waals surface area (Å²) in [5, 5.41) is 3.21. The quantitative estimate of drug-likeness (QED) is 0.819. The summed E-state index contributed by atoms with van der Waals surface area (Å²) in [6.45, 7) is 2.20. The van der Waals surface area contributed by atoms with Gasteiger partial charge in [-0.1, -0.05) is 12.1 Å². The molecule has 0 spiro atoms. The minimum Gasteiger partial charge on any atom is -0.465 e. The van der Waals surface area contributed by atoms with E-state index in [9.17, 15) is 9.18 Å². The molecule has 1 unspecified atom stereocenters. The summed E-state index contributed by atoms with van der Waals surface area (Å²) in [6, 6.07) is 6.26. The van der Waals surface area contributed by atoms with Crippen molar-refractivity contribution in [1.29, 1.82) is 0 Å². The predicted molar refractivity (Wildman–Crippen MR) is 61.9 cm³/mol. The third-order valence-corrected chi connectivity index (χ3v) is 2.99. The highest BCUT2D eigenvalue weighted by molar-refractivity contribution is 5.76. The van der Waals surface area contributed by atoms with Crippen molar-refractivity contribution in [2.24, 2.45) is 0 Å². The summed E-state index contributed by atoms with van der Waals surface area (Å²) in [4.78, 5) is 11.5. The zero-order valence-corrected chi connectivity index (χ0v) is 9.78. The molecule has 1 heterocycles. The molecule has 17 heavy (non-hydrogen) atoms. The lowest BCUT2D eigenvalue weighted by atomic mass is 10.1. The van der Waals surface area contributed by atoms with E-state index in [-0.39, 0.29) is 23.9 Å². The second-order valence-corrected chi connectivity index (χ2v) is 4.15. The predicted octanol–water partition coefficient (Wildman–Crippen LogP) is 2.18. The van der Waals surface area contributed by atoms with Crippen LogP contribution in [0.2, 0.25) is 0 Å². The van der Waals surface area contributed by atoms with Crippen LogP contribution in [0.1, 0.15) is 31.4 Å². The van der Waals surface area contributed by atoms with Crippen molar-refractivity contribution >= 4 is 5.97 Å². The molecule has 1 aliphatic rings. The SMILES string of the molecule is CCOC(=O)[C@@H]1CCC(c2ccc(F)cc2)N1. The van der Waals surface area contributed by atoms with E-state index >= 15 is 0 Å². The average molecular weight is 237 g/mol. The number of halogens is 1. The summed E-state index contributed by atoms with van der Waals surface area (Å²) in [7, 11) is 0. The Morgan fingerprint density at radius 1 is 1.41 bits per heavy atom. The minimum atomic E-state index is -0.242. The molecule has 1 saturated heterocycles. The molecule has 2 atom stereocenters. The van der Waals surface area contributed by atoms with Gasteiger partial charge in [0.25, 0.3) is 0 Å². The van der Waals surface area contributed by atoms with E-state index in [1.54, 1.807) is 19.1 Å². The van der Waals surface area contributed by atoms with Crippen LogP contribution in [-0.4, -0.2) is 18.6 Å². The van der Waals surface area contributed by atoms with E-state index in [0.29, 0.717) is 6.61 Å². The molecule has 1 N–H and O–H groups in total. The molecule has 0 radical (unpaired) electrons.